The third-order valence-corrected chi connectivity index (χ3v) is 5.23. The van der Waals surface area contributed by atoms with Crippen molar-refractivity contribution in [3.63, 3.8) is 0 Å². The molecular formula is C19H17ClN2O3S. The summed E-state index contributed by atoms with van der Waals surface area (Å²) in [5, 5.41) is 5.53. The van der Waals surface area contributed by atoms with Crippen LogP contribution in [0.25, 0.3) is 0 Å². The molecule has 3 amide bonds. The molecule has 5 nitrogen and oxygen atoms in total. The van der Waals surface area contributed by atoms with Crippen molar-refractivity contribution in [1.29, 1.82) is 0 Å². The summed E-state index contributed by atoms with van der Waals surface area (Å²) in [6, 6.07) is 12.5. The Kier molecular flexibility index (Phi) is 5.64. The van der Waals surface area contributed by atoms with Gasteiger partial charge in [-0.25, -0.2) is 0 Å². The van der Waals surface area contributed by atoms with Gasteiger partial charge in [0.25, 0.3) is 5.91 Å². The molecule has 1 aliphatic rings. The van der Waals surface area contributed by atoms with Gasteiger partial charge in [-0.2, -0.15) is 0 Å². The lowest BCUT2D eigenvalue weighted by Crippen LogP contribution is -2.22. The zero-order valence-electron chi connectivity index (χ0n) is 14.0. The monoisotopic (exact) mass is 388 g/mol. The number of carbonyl (C=O) groups excluding carboxylic acids is 3. The number of thioether (sulfide) groups is 1. The van der Waals surface area contributed by atoms with Gasteiger partial charge in [-0.3, -0.25) is 19.7 Å². The highest BCUT2D eigenvalue weighted by Crippen LogP contribution is 2.24. The van der Waals surface area contributed by atoms with Crippen molar-refractivity contribution in [2.24, 2.45) is 5.92 Å². The van der Waals surface area contributed by atoms with Crippen LogP contribution in [0.4, 0.5) is 5.69 Å². The number of benzene rings is 2. The molecule has 1 fully saturated rings. The Morgan fingerprint density at radius 2 is 1.96 bits per heavy atom. The summed E-state index contributed by atoms with van der Waals surface area (Å²) in [7, 11) is 0. The molecule has 7 heteroatoms. The van der Waals surface area contributed by atoms with Crippen LogP contribution >= 0.6 is 23.4 Å². The average Bonchev–Trinajstić information content (AvgIpc) is 2.94. The fraction of sp³-hybridized carbons (Fsp3) is 0.211. The standard InChI is InChI=1S/C19H17ClN2O3S/c1-26-14-6-7-16(20)15(10-14)19(25)21-13-4-2-11(3-5-13)8-12-9-17(23)22-18(12)24/h2-7,10,12H,8-9H2,1H3,(H,21,25)(H,22,23,24). The molecule has 1 saturated heterocycles. The fourth-order valence-corrected chi connectivity index (χ4v) is 3.43. The largest absolute Gasteiger partial charge is 0.322 e. The van der Waals surface area contributed by atoms with E-state index in [1.165, 1.54) is 11.8 Å². The Bertz CT molecular complexity index is 868. The second-order valence-corrected chi connectivity index (χ2v) is 7.30. The summed E-state index contributed by atoms with van der Waals surface area (Å²) in [6.45, 7) is 0. The SMILES string of the molecule is CSc1ccc(Cl)c(C(=O)Nc2ccc(CC3CC(=O)NC3=O)cc2)c1. The van der Waals surface area contributed by atoms with Gasteiger partial charge >= 0.3 is 0 Å². The van der Waals surface area contributed by atoms with Gasteiger partial charge in [-0.1, -0.05) is 23.7 Å². The Morgan fingerprint density at radius 1 is 1.23 bits per heavy atom. The Balaban J connectivity index is 1.66. The van der Waals surface area contributed by atoms with Crippen molar-refractivity contribution in [2.45, 2.75) is 17.7 Å². The Morgan fingerprint density at radius 3 is 2.58 bits per heavy atom. The van der Waals surface area contributed by atoms with Crippen LogP contribution in [0.5, 0.6) is 0 Å². The molecule has 0 bridgehead atoms. The van der Waals surface area contributed by atoms with Gasteiger partial charge in [-0.15, -0.1) is 11.8 Å². The Labute approximate surface area is 160 Å². The van der Waals surface area contributed by atoms with E-state index in [-0.39, 0.29) is 30.1 Å². The molecule has 134 valence electrons. The van der Waals surface area contributed by atoms with Gasteiger partial charge in [0, 0.05) is 17.0 Å². The molecule has 0 radical (unpaired) electrons. The van der Waals surface area contributed by atoms with Crippen LogP contribution < -0.4 is 10.6 Å². The number of rotatable bonds is 5. The van der Waals surface area contributed by atoms with E-state index in [9.17, 15) is 14.4 Å². The minimum Gasteiger partial charge on any atom is -0.322 e. The summed E-state index contributed by atoms with van der Waals surface area (Å²) >= 11 is 7.66. The van der Waals surface area contributed by atoms with Crippen molar-refractivity contribution in [3.05, 3.63) is 58.6 Å². The Hall–Kier alpha value is -2.31. The first kappa shape index (κ1) is 18.5. The van der Waals surface area contributed by atoms with Gasteiger partial charge in [0.05, 0.1) is 16.5 Å². The number of hydrogen-bond acceptors (Lipinski definition) is 4. The highest BCUT2D eigenvalue weighted by molar-refractivity contribution is 7.98. The van der Waals surface area contributed by atoms with Crippen LogP contribution in [0.1, 0.15) is 22.3 Å². The van der Waals surface area contributed by atoms with Crippen LogP contribution in [0, 0.1) is 5.92 Å². The van der Waals surface area contributed by atoms with Crippen LogP contribution in [-0.4, -0.2) is 24.0 Å². The smallest absolute Gasteiger partial charge is 0.257 e. The zero-order valence-corrected chi connectivity index (χ0v) is 15.6. The predicted molar refractivity (Wildman–Crippen MR) is 103 cm³/mol. The second-order valence-electron chi connectivity index (χ2n) is 6.01. The molecule has 26 heavy (non-hydrogen) atoms. The third kappa shape index (κ3) is 4.26. The maximum Gasteiger partial charge on any atom is 0.257 e. The molecular weight excluding hydrogens is 372 g/mol. The molecule has 1 heterocycles. The molecule has 1 unspecified atom stereocenters. The number of imide groups is 1. The van der Waals surface area contributed by atoms with E-state index in [0.717, 1.165) is 10.5 Å². The van der Waals surface area contributed by atoms with Crippen LogP contribution in [-0.2, 0) is 16.0 Å². The van der Waals surface area contributed by atoms with Crippen molar-refractivity contribution in [3.8, 4) is 0 Å². The maximum absolute atomic E-state index is 12.5. The van der Waals surface area contributed by atoms with Crippen molar-refractivity contribution < 1.29 is 14.4 Å². The van der Waals surface area contributed by atoms with E-state index in [0.29, 0.717) is 22.7 Å². The molecule has 0 aliphatic carbocycles. The summed E-state index contributed by atoms with van der Waals surface area (Å²) in [4.78, 5) is 36.3. The van der Waals surface area contributed by atoms with E-state index in [2.05, 4.69) is 10.6 Å². The number of anilines is 1. The molecule has 2 aromatic rings. The molecule has 1 atom stereocenters. The molecule has 0 spiro atoms. The average molecular weight is 389 g/mol. The molecule has 2 aromatic carbocycles. The molecule has 1 aliphatic heterocycles. The first-order valence-electron chi connectivity index (χ1n) is 8.04. The van der Waals surface area contributed by atoms with Gasteiger partial charge in [0.1, 0.15) is 0 Å². The summed E-state index contributed by atoms with van der Waals surface area (Å²) in [6.07, 6.45) is 2.65. The van der Waals surface area contributed by atoms with Gasteiger partial charge in [0.15, 0.2) is 0 Å². The van der Waals surface area contributed by atoms with Crippen molar-refractivity contribution in [2.75, 3.05) is 11.6 Å². The number of nitrogens with one attached hydrogen (secondary N) is 2. The van der Waals surface area contributed by atoms with E-state index >= 15 is 0 Å². The normalized spacial score (nSPS) is 16.5. The highest BCUT2D eigenvalue weighted by atomic mass is 35.5. The maximum atomic E-state index is 12.5. The minimum atomic E-state index is -0.323. The number of carbonyl (C=O) groups is 3. The third-order valence-electron chi connectivity index (χ3n) is 4.18. The number of hydrogen-bond donors (Lipinski definition) is 2. The van der Waals surface area contributed by atoms with E-state index in [1.54, 1.807) is 24.3 Å². The number of amides is 3. The lowest BCUT2D eigenvalue weighted by Gasteiger charge is -2.10. The summed E-state index contributed by atoms with van der Waals surface area (Å²) < 4.78 is 0. The second kappa shape index (κ2) is 7.93. The molecule has 0 saturated carbocycles. The molecule has 0 aromatic heterocycles. The molecule has 2 N–H and O–H groups in total. The van der Waals surface area contributed by atoms with E-state index < -0.39 is 0 Å². The zero-order chi connectivity index (χ0) is 18.7. The number of halogens is 1. The van der Waals surface area contributed by atoms with E-state index in [1.807, 2.05) is 24.5 Å². The topological polar surface area (TPSA) is 75.3 Å². The lowest BCUT2D eigenvalue weighted by molar-refractivity contribution is -0.125. The first-order chi connectivity index (χ1) is 12.5. The van der Waals surface area contributed by atoms with Crippen molar-refractivity contribution >= 4 is 46.8 Å². The summed E-state index contributed by atoms with van der Waals surface area (Å²) in [5.41, 5.74) is 1.99. The lowest BCUT2D eigenvalue weighted by atomic mass is 9.98. The van der Waals surface area contributed by atoms with Crippen molar-refractivity contribution in [1.82, 2.24) is 5.32 Å². The first-order valence-corrected chi connectivity index (χ1v) is 9.64. The van der Waals surface area contributed by atoms with Gasteiger partial charge in [0.2, 0.25) is 11.8 Å². The quantitative estimate of drug-likeness (QED) is 0.607. The molecule has 3 rings (SSSR count). The summed E-state index contributed by atoms with van der Waals surface area (Å²) in [5.74, 6) is -1.06. The highest BCUT2D eigenvalue weighted by Gasteiger charge is 2.30. The van der Waals surface area contributed by atoms with Crippen LogP contribution in [0.3, 0.4) is 0 Å². The van der Waals surface area contributed by atoms with Crippen LogP contribution in [0.15, 0.2) is 47.4 Å². The van der Waals surface area contributed by atoms with Crippen LogP contribution in [0.2, 0.25) is 5.02 Å². The van der Waals surface area contributed by atoms with E-state index in [4.69, 9.17) is 11.6 Å². The minimum absolute atomic E-state index is 0.224. The van der Waals surface area contributed by atoms with Gasteiger partial charge < -0.3 is 5.32 Å². The van der Waals surface area contributed by atoms with Gasteiger partial charge in [-0.05, 0) is 48.6 Å². The fourth-order valence-electron chi connectivity index (χ4n) is 2.78. The predicted octanol–water partition coefficient (Wildman–Crippen LogP) is 3.52.